The Morgan fingerprint density at radius 3 is 2.27 bits per heavy atom. The minimum atomic E-state index is -0.692. The van der Waals surface area contributed by atoms with Gasteiger partial charge in [-0.3, -0.25) is 9.59 Å². The lowest BCUT2D eigenvalue weighted by atomic mass is 9.96. The van der Waals surface area contributed by atoms with E-state index in [1.807, 2.05) is 49.4 Å². The quantitative estimate of drug-likeness (QED) is 0.508. The van der Waals surface area contributed by atoms with Gasteiger partial charge in [0.2, 0.25) is 0 Å². The van der Waals surface area contributed by atoms with Gasteiger partial charge in [-0.1, -0.05) is 60.2 Å². The van der Waals surface area contributed by atoms with Crippen LogP contribution in [0.1, 0.15) is 22.7 Å². The molecular formula is C18H15NO3. The number of aliphatic hydroxyl groups excluding tert-OH is 1. The molecule has 110 valence electrons. The minimum absolute atomic E-state index is 0.0973. The lowest BCUT2D eigenvalue weighted by Gasteiger charge is -2.13. The number of rotatable bonds is 2. The average Bonchev–Trinajstić information content (AvgIpc) is 2.84. The van der Waals surface area contributed by atoms with Crippen molar-refractivity contribution in [2.75, 3.05) is 0 Å². The Kier molecular flexibility index (Phi) is 3.51. The molecule has 1 heterocycles. The molecule has 3 rings (SSSR count). The highest BCUT2D eigenvalue weighted by atomic mass is 16.3. The highest BCUT2D eigenvalue weighted by molar-refractivity contribution is 6.46. The molecule has 0 saturated carbocycles. The zero-order valence-corrected chi connectivity index (χ0v) is 12.0. The maximum absolute atomic E-state index is 12.1. The Bertz CT molecular complexity index is 761. The van der Waals surface area contributed by atoms with Crippen LogP contribution in [0.3, 0.4) is 0 Å². The van der Waals surface area contributed by atoms with Crippen LogP contribution in [-0.4, -0.2) is 16.8 Å². The van der Waals surface area contributed by atoms with Gasteiger partial charge in [-0.25, -0.2) is 0 Å². The monoisotopic (exact) mass is 293 g/mol. The van der Waals surface area contributed by atoms with Gasteiger partial charge in [0.05, 0.1) is 11.6 Å². The second kappa shape index (κ2) is 5.48. The van der Waals surface area contributed by atoms with Gasteiger partial charge in [0.25, 0.3) is 11.7 Å². The molecule has 22 heavy (non-hydrogen) atoms. The first-order valence-electron chi connectivity index (χ1n) is 6.98. The van der Waals surface area contributed by atoms with E-state index in [2.05, 4.69) is 5.32 Å². The maximum Gasteiger partial charge on any atom is 0.293 e. The summed E-state index contributed by atoms with van der Waals surface area (Å²) >= 11 is 0. The topological polar surface area (TPSA) is 66.4 Å². The Morgan fingerprint density at radius 1 is 1.00 bits per heavy atom. The second-order valence-corrected chi connectivity index (χ2v) is 5.27. The van der Waals surface area contributed by atoms with Crippen molar-refractivity contribution in [3.05, 3.63) is 76.9 Å². The fourth-order valence-electron chi connectivity index (χ4n) is 2.53. The molecular weight excluding hydrogens is 278 g/mol. The summed E-state index contributed by atoms with van der Waals surface area (Å²) in [5.41, 5.74) is 2.43. The number of carbonyl (C=O) groups excluding carboxylic acids is 2. The van der Waals surface area contributed by atoms with Crippen LogP contribution in [0.15, 0.2) is 60.2 Å². The third-order valence-corrected chi connectivity index (χ3v) is 3.73. The van der Waals surface area contributed by atoms with Crippen molar-refractivity contribution in [1.29, 1.82) is 0 Å². The van der Waals surface area contributed by atoms with E-state index in [0.29, 0.717) is 5.56 Å². The number of ketones is 1. The van der Waals surface area contributed by atoms with Gasteiger partial charge in [-0.2, -0.15) is 0 Å². The molecule has 0 bridgehead atoms. The minimum Gasteiger partial charge on any atom is -0.507 e. The Morgan fingerprint density at radius 2 is 1.64 bits per heavy atom. The summed E-state index contributed by atoms with van der Waals surface area (Å²) < 4.78 is 0. The predicted octanol–water partition coefficient (Wildman–Crippen LogP) is 2.70. The third kappa shape index (κ3) is 2.39. The molecule has 0 spiro atoms. The van der Waals surface area contributed by atoms with Gasteiger partial charge in [0.15, 0.2) is 0 Å². The third-order valence-electron chi connectivity index (χ3n) is 3.73. The molecule has 1 aliphatic rings. The molecule has 1 saturated heterocycles. The van der Waals surface area contributed by atoms with Gasteiger partial charge < -0.3 is 10.4 Å². The summed E-state index contributed by atoms with van der Waals surface area (Å²) in [6.07, 6.45) is 0. The van der Waals surface area contributed by atoms with Crippen molar-refractivity contribution in [2.24, 2.45) is 0 Å². The molecule has 2 aromatic carbocycles. The summed E-state index contributed by atoms with van der Waals surface area (Å²) in [6, 6.07) is 15.7. The van der Waals surface area contributed by atoms with Gasteiger partial charge in [-0.15, -0.1) is 0 Å². The standard InChI is InChI=1S/C18H15NO3/c1-11-7-9-13(10-8-11)16(20)14-15(19-18(22)17(14)21)12-5-3-2-4-6-12/h2-10,15,20H,1H3,(H,19,22)/b16-14+. The first kappa shape index (κ1) is 14.1. The van der Waals surface area contributed by atoms with E-state index in [1.54, 1.807) is 12.1 Å². The number of amides is 1. The van der Waals surface area contributed by atoms with E-state index in [0.717, 1.165) is 11.1 Å². The fraction of sp³-hybridized carbons (Fsp3) is 0.111. The second-order valence-electron chi connectivity index (χ2n) is 5.27. The highest BCUT2D eigenvalue weighted by Gasteiger charge is 2.39. The summed E-state index contributed by atoms with van der Waals surface area (Å²) in [5.74, 6) is -1.54. The molecule has 0 aliphatic carbocycles. The molecule has 1 unspecified atom stereocenters. The van der Waals surface area contributed by atoms with E-state index >= 15 is 0 Å². The number of hydrogen-bond acceptors (Lipinski definition) is 3. The van der Waals surface area contributed by atoms with E-state index in [9.17, 15) is 14.7 Å². The molecule has 1 amide bonds. The normalized spacial score (nSPS) is 20.0. The van der Waals surface area contributed by atoms with Crippen molar-refractivity contribution in [2.45, 2.75) is 13.0 Å². The molecule has 2 N–H and O–H groups in total. The molecule has 2 aromatic rings. The number of aliphatic hydroxyl groups is 1. The molecule has 1 aliphatic heterocycles. The SMILES string of the molecule is Cc1ccc(/C(O)=C2\C(=O)C(=O)NC2c2ccccc2)cc1. The predicted molar refractivity (Wildman–Crippen MR) is 83.1 cm³/mol. The van der Waals surface area contributed by atoms with E-state index in [4.69, 9.17) is 0 Å². The number of carbonyl (C=O) groups is 2. The Labute approximate surface area is 128 Å². The molecule has 1 atom stereocenters. The van der Waals surface area contributed by atoms with E-state index < -0.39 is 17.7 Å². The first-order valence-corrected chi connectivity index (χ1v) is 6.98. The molecule has 4 nitrogen and oxygen atoms in total. The summed E-state index contributed by atoms with van der Waals surface area (Å²) in [6.45, 7) is 1.94. The van der Waals surface area contributed by atoms with Gasteiger partial charge in [0.1, 0.15) is 5.76 Å². The summed E-state index contributed by atoms with van der Waals surface area (Å²) in [5, 5.41) is 13.1. The van der Waals surface area contributed by atoms with Crippen LogP contribution >= 0.6 is 0 Å². The maximum atomic E-state index is 12.1. The fourth-order valence-corrected chi connectivity index (χ4v) is 2.53. The van der Waals surface area contributed by atoms with Crippen LogP contribution < -0.4 is 5.32 Å². The number of Topliss-reactive ketones (excluding diaryl/α,β-unsaturated/α-hetero) is 1. The number of benzene rings is 2. The van der Waals surface area contributed by atoms with Crippen LogP contribution in [0, 0.1) is 6.92 Å². The average molecular weight is 293 g/mol. The van der Waals surface area contributed by atoms with Crippen LogP contribution in [-0.2, 0) is 9.59 Å². The Hall–Kier alpha value is -2.88. The molecule has 4 heteroatoms. The zero-order chi connectivity index (χ0) is 15.7. The van der Waals surface area contributed by atoms with E-state index in [-0.39, 0.29) is 11.3 Å². The highest BCUT2D eigenvalue weighted by Crippen LogP contribution is 2.32. The van der Waals surface area contributed by atoms with Crippen LogP contribution in [0.5, 0.6) is 0 Å². The number of nitrogens with one attached hydrogen (secondary N) is 1. The number of aryl methyl sites for hydroxylation is 1. The molecule has 0 aromatic heterocycles. The zero-order valence-electron chi connectivity index (χ0n) is 12.0. The van der Waals surface area contributed by atoms with Crippen molar-refractivity contribution in [3.63, 3.8) is 0 Å². The van der Waals surface area contributed by atoms with Crippen LogP contribution in [0.25, 0.3) is 5.76 Å². The summed E-state index contributed by atoms with van der Waals surface area (Å²) in [7, 11) is 0. The van der Waals surface area contributed by atoms with E-state index in [1.165, 1.54) is 0 Å². The van der Waals surface area contributed by atoms with Crippen LogP contribution in [0.4, 0.5) is 0 Å². The van der Waals surface area contributed by atoms with Crippen molar-refractivity contribution >= 4 is 17.4 Å². The van der Waals surface area contributed by atoms with Crippen molar-refractivity contribution in [3.8, 4) is 0 Å². The lowest BCUT2D eigenvalue weighted by Crippen LogP contribution is -2.21. The smallest absolute Gasteiger partial charge is 0.293 e. The first-order chi connectivity index (χ1) is 10.6. The Balaban J connectivity index is 2.11. The van der Waals surface area contributed by atoms with Crippen molar-refractivity contribution in [1.82, 2.24) is 5.32 Å². The van der Waals surface area contributed by atoms with Gasteiger partial charge in [-0.05, 0) is 12.5 Å². The van der Waals surface area contributed by atoms with Crippen LogP contribution in [0.2, 0.25) is 0 Å². The largest absolute Gasteiger partial charge is 0.507 e. The van der Waals surface area contributed by atoms with Crippen molar-refractivity contribution < 1.29 is 14.7 Å². The number of hydrogen-bond donors (Lipinski definition) is 2. The van der Waals surface area contributed by atoms with Gasteiger partial charge >= 0.3 is 0 Å². The molecule has 0 radical (unpaired) electrons. The summed E-state index contributed by atoms with van der Waals surface area (Å²) in [4.78, 5) is 23.9. The molecule has 1 fully saturated rings. The lowest BCUT2D eigenvalue weighted by molar-refractivity contribution is -0.133. The van der Waals surface area contributed by atoms with Gasteiger partial charge in [0, 0.05) is 5.56 Å².